The van der Waals surface area contributed by atoms with Gasteiger partial charge in [0.05, 0.1) is 0 Å². The van der Waals surface area contributed by atoms with Crippen molar-refractivity contribution in [3.05, 3.63) is 36.2 Å². The van der Waals surface area contributed by atoms with Gasteiger partial charge in [0.15, 0.2) is 0 Å². The number of halogens is 2. The van der Waals surface area contributed by atoms with Crippen molar-refractivity contribution in [1.82, 2.24) is 9.78 Å². The third-order valence-corrected chi connectivity index (χ3v) is 5.85. The molecule has 1 aromatic carbocycles. The van der Waals surface area contributed by atoms with Crippen molar-refractivity contribution in [2.45, 2.75) is 24.5 Å². The number of thioether (sulfide) groups is 1. The number of rotatable bonds is 2. The van der Waals surface area contributed by atoms with Crippen molar-refractivity contribution in [1.29, 1.82) is 0 Å². The van der Waals surface area contributed by atoms with Crippen LogP contribution in [0.1, 0.15) is 12.7 Å². The second-order valence-electron chi connectivity index (χ2n) is 5.21. The fourth-order valence-corrected chi connectivity index (χ4v) is 4.31. The van der Waals surface area contributed by atoms with Crippen molar-refractivity contribution in [3.63, 3.8) is 0 Å². The number of hydrogen-bond donors (Lipinski definition) is 0. The van der Waals surface area contributed by atoms with Gasteiger partial charge in [-0.1, -0.05) is 38.8 Å². The van der Waals surface area contributed by atoms with Crippen molar-refractivity contribution in [3.8, 4) is 5.69 Å². The van der Waals surface area contributed by atoms with Crippen LogP contribution in [0, 0.1) is 17.2 Å². The molecule has 2 aromatic rings. The van der Waals surface area contributed by atoms with Gasteiger partial charge < -0.3 is 0 Å². The smallest absolute Gasteiger partial charge is 0.222 e. The lowest BCUT2D eigenvalue weighted by Gasteiger charge is -2.17. The number of aromatic nitrogens is 3. The summed E-state index contributed by atoms with van der Waals surface area (Å²) in [4.78, 5) is 0. The first-order chi connectivity index (χ1) is 10.7. The predicted octanol–water partition coefficient (Wildman–Crippen LogP) is -2.07. The molecule has 1 unspecified atom stereocenters. The summed E-state index contributed by atoms with van der Waals surface area (Å²) in [7, 11) is -4.94. The van der Waals surface area contributed by atoms with Crippen LogP contribution >= 0.6 is 27.7 Å². The van der Waals surface area contributed by atoms with Crippen LogP contribution in [0.5, 0.6) is 0 Å². The number of alkyl halides is 1. The quantitative estimate of drug-likeness (QED) is 0.404. The maximum atomic E-state index is 8.49. The highest BCUT2D eigenvalue weighted by Gasteiger charge is 2.45. The molecule has 0 radical (unpaired) electrons. The topological polar surface area (TPSA) is 114 Å². The molecule has 1 aliphatic heterocycles. The fraction of sp³-hybridized carbons (Fsp3) is 0.385. The van der Waals surface area contributed by atoms with E-state index in [4.69, 9.17) is 23.7 Å². The largest absolute Gasteiger partial charge is 0.302 e. The van der Waals surface area contributed by atoms with E-state index in [1.165, 1.54) is 10.8 Å². The molecule has 2 heterocycles. The summed E-state index contributed by atoms with van der Waals surface area (Å²) >= 11 is 5.48. The monoisotopic (exact) mass is 423 g/mol. The lowest BCUT2D eigenvalue weighted by Crippen LogP contribution is -2.68. The van der Waals surface area contributed by atoms with Gasteiger partial charge in [0.25, 0.3) is 5.82 Å². The van der Waals surface area contributed by atoms with Gasteiger partial charge in [-0.3, -0.25) is 0 Å². The molecular weight excluding hydrogens is 410 g/mol. The summed E-state index contributed by atoms with van der Waals surface area (Å²) < 4.78 is 38.4. The molecule has 10 heteroatoms. The Hall–Kier alpha value is -0.680. The molecule has 0 bridgehead atoms. The minimum absolute atomic E-state index is 0.0742. The highest BCUT2D eigenvalue weighted by atomic mass is 79.9. The average Bonchev–Trinajstić information content (AvgIpc) is 2.96. The highest BCUT2D eigenvalue weighted by molar-refractivity contribution is 9.09. The molecule has 1 aromatic heterocycles. The minimum atomic E-state index is -4.94. The van der Waals surface area contributed by atoms with E-state index in [1.54, 1.807) is 0 Å². The Morgan fingerprint density at radius 3 is 2.39 bits per heavy atom. The molecule has 0 amide bonds. The third-order valence-electron chi connectivity index (χ3n) is 3.27. The first-order valence-corrected chi connectivity index (χ1v) is 9.88. The Balaban J connectivity index is 0.000000338. The van der Waals surface area contributed by atoms with Gasteiger partial charge in [0, 0.05) is 23.1 Å². The molecular formula is C13H15BrClN3O4S. The van der Waals surface area contributed by atoms with Gasteiger partial charge in [0.1, 0.15) is 11.2 Å². The zero-order valence-electron chi connectivity index (χ0n) is 12.4. The minimum Gasteiger partial charge on any atom is -0.222 e. The summed E-state index contributed by atoms with van der Waals surface area (Å²) in [6, 6.07) is 10.4. The van der Waals surface area contributed by atoms with Gasteiger partial charge >= 0.3 is 5.16 Å². The number of hydrogen-bond acceptors (Lipinski definition) is 6. The van der Waals surface area contributed by atoms with Crippen molar-refractivity contribution in [2.24, 2.45) is 0 Å². The maximum Gasteiger partial charge on any atom is 0.302 e. The highest BCUT2D eigenvalue weighted by Crippen LogP contribution is 2.36. The van der Waals surface area contributed by atoms with Crippen LogP contribution in [-0.4, -0.2) is 20.9 Å². The van der Waals surface area contributed by atoms with Gasteiger partial charge in [-0.25, -0.2) is 18.6 Å². The Kier molecular flexibility index (Phi) is 5.72. The van der Waals surface area contributed by atoms with E-state index in [9.17, 15) is 0 Å². The fourth-order valence-electron chi connectivity index (χ4n) is 2.19. The number of fused-ring (bicyclic) bond motifs is 1. The summed E-state index contributed by atoms with van der Waals surface area (Å²) in [6.07, 6.45) is 0. The van der Waals surface area contributed by atoms with Gasteiger partial charge in [-0.15, -0.1) is 10.2 Å². The van der Waals surface area contributed by atoms with E-state index in [2.05, 4.69) is 63.3 Å². The molecule has 0 spiro atoms. The van der Waals surface area contributed by atoms with Crippen LogP contribution < -0.4 is 23.2 Å². The van der Waals surface area contributed by atoms with Crippen LogP contribution in [0.4, 0.5) is 0 Å². The van der Waals surface area contributed by atoms with Gasteiger partial charge in [-0.05, 0) is 30.8 Å². The average molecular weight is 425 g/mol. The Morgan fingerprint density at radius 2 is 1.87 bits per heavy atom. The van der Waals surface area contributed by atoms with Crippen LogP contribution in [0.3, 0.4) is 0 Å². The van der Waals surface area contributed by atoms with E-state index in [-0.39, 0.29) is 5.54 Å². The molecule has 0 aliphatic carbocycles. The molecule has 0 fully saturated rings. The summed E-state index contributed by atoms with van der Waals surface area (Å²) in [5, 5.41) is 6.87. The van der Waals surface area contributed by atoms with Gasteiger partial charge in [0.2, 0.25) is 0 Å². The van der Waals surface area contributed by atoms with Crippen LogP contribution in [0.25, 0.3) is 5.69 Å². The molecule has 126 valence electrons. The lowest BCUT2D eigenvalue weighted by atomic mass is 10.1. The molecule has 0 N–H and O–H groups in total. The van der Waals surface area contributed by atoms with Crippen LogP contribution in [0.15, 0.2) is 35.5 Å². The van der Waals surface area contributed by atoms with Crippen LogP contribution in [-0.2, 0) is 5.54 Å². The van der Waals surface area contributed by atoms with Crippen molar-refractivity contribution in [2.75, 3.05) is 11.1 Å². The SMILES string of the molecule is Cc1nn2c([n+]1-c1ccccc1)SCC2(C)CBr.[O-][Cl+3]([O-])([O-])[O-]. The first-order valence-electron chi connectivity index (χ1n) is 6.54. The lowest BCUT2D eigenvalue weighted by molar-refractivity contribution is -2.00. The summed E-state index contributed by atoms with van der Waals surface area (Å²) in [6.45, 7) is 4.31. The molecule has 7 nitrogen and oxygen atoms in total. The summed E-state index contributed by atoms with van der Waals surface area (Å²) in [5.74, 6) is 2.10. The van der Waals surface area contributed by atoms with E-state index < -0.39 is 10.2 Å². The van der Waals surface area contributed by atoms with E-state index in [0.29, 0.717) is 0 Å². The Labute approximate surface area is 148 Å². The molecule has 0 saturated carbocycles. The molecule has 3 rings (SSSR count). The van der Waals surface area contributed by atoms with E-state index in [1.807, 2.05) is 17.8 Å². The zero-order chi connectivity index (χ0) is 17.3. The molecule has 1 aliphatic rings. The molecule has 23 heavy (non-hydrogen) atoms. The van der Waals surface area contributed by atoms with Crippen molar-refractivity contribution < 1.29 is 33.4 Å². The second-order valence-corrected chi connectivity index (χ2v) is 7.47. The Morgan fingerprint density at radius 1 is 1.30 bits per heavy atom. The van der Waals surface area contributed by atoms with Gasteiger partial charge in [-0.2, -0.15) is 4.57 Å². The molecule has 0 saturated heterocycles. The standard InChI is InChI=1S/C13H15BrN3S.ClHO4/c1-10-15-17-12(18-9-13(17,2)8-14)16(10)11-6-4-3-5-7-11;2-1(3,4)5/h3-7H,8-9H2,1-2H3;(H,2,3,4,5)/q+1;/p-1. The second kappa shape index (κ2) is 7.06. The van der Waals surface area contributed by atoms with E-state index in [0.717, 1.165) is 16.9 Å². The maximum absolute atomic E-state index is 8.49. The normalized spacial score (nSPS) is 20.0. The predicted molar refractivity (Wildman–Crippen MR) is 76.7 cm³/mol. The number of nitrogens with zero attached hydrogens (tertiary/aromatic N) is 3. The van der Waals surface area contributed by atoms with Crippen molar-refractivity contribution >= 4 is 27.7 Å². The summed E-state index contributed by atoms with van der Waals surface area (Å²) in [5.41, 5.74) is 1.26. The number of para-hydroxylation sites is 1. The first kappa shape index (κ1) is 18.7. The number of benzene rings is 1. The zero-order valence-corrected chi connectivity index (χ0v) is 15.6. The van der Waals surface area contributed by atoms with Crippen LogP contribution in [0.2, 0.25) is 0 Å². The molecule has 1 atom stereocenters. The number of aryl methyl sites for hydroxylation is 1. The Bertz CT molecular complexity index is 674. The van der Waals surface area contributed by atoms with E-state index >= 15 is 0 Å². The third kappa shape index (κ3) is 4.44.